The van der Waals surface area contributed by atoms with Crippen LogP contribution in [0.2, 0.25) is 0 Å². The Balaban J connectivity index is 1.51. The third kappa shape index (κ3) is 4.48. The number of sulfonamides is 1. The summed E-state index contributed by atoms with van der Waals surface area (Å²) >= 11 is 0. The number of nitrogens with zero attached hydrogens (tertiary/aromatic N) is 4. The predicted molar refractivity (Wildman–Crippen MR) is 140 cm³/mol. The molecule has 0 radical (unpaired) electrons. The van der Waals surface area contributed by atoms with Crippen molar-refractivity contribution >= 4 is 37.5 Å². The molecule has 0 unspecified atom stereocenters. The van der Waals surface area contributed by atoms with Crippen LogP contribution in [0.3, 0.4) is 0 Å². The van der Waals surface area contributed by atoms with Crippen molar-refractivity contribution in [1.29, 1.82) is 5.26 Å². The highest BCUT2D eigenvalue weighted by Crippen LogP contribution is 2.28. The highest BCUT2D eigenvalue weighted by molar-refractivity contribution is 7.92. The number of aryl methyl sites for hydroxylation is 1. The molecule has 0 N–H and O–H groups in total. The van der Waals surface area contributed by atoms with Gasteiger partial charge in [-0.2, -0.15) is 5.26 Å². The van der Waals surface area contributed by atoms with Gasteiger partial charge >= 0.3 is 0 Å². The molecule has 35 heavy (non-hydrogen) atoms. The van der Waals surface area contributed by atoms with E-state index in [0.717, 1.165) is 38.8 Å². The summed E-state index contributed by atoms with van der Waals surface area (Å²) in [5, 5.41) is 11.1. The SMILES string of the molecule is Cn1c(Cc2ccc(C#N)cc2)nc2cc(N(Cc3cccc4ccccc34)S(C)(=O)=O)ccc21. The van der Waals surface area contributed by atoms with Gasteiger partial charge in [-0.1, -0.05) is 54.6 Å². The monoisotopic (exact) mass is 480 g/mol. The zero-order valence-corrected chi connectivity index (χ0v) is 20.3. The standard InChI is InChI=1S/C28H24N4O2S/c1-31-27-15-14-24(17-26(27)30-28(31)16-20-10-12-21(18-29)13-11-20)32(35(2,33)34)19-23-8-5-7-22-6-3-4-9-25(22)23/h3-15,17H,16,19H2,1-2H3. The summed E-state index contributed by atoms with van der Waals surface area (Å²) in [6, 6.07) is 29.1. The minimum Gasteiger partial charge on any atom is -0.331 e. The summed E-state index contributed by atoms with van der Waals surface area (Å²) in [4.78, 5) is 4.81. The van der Waals surface area contributed by atoms with Gasteiger partial charge in [0.1, 0.15) is 5.82 Å². The van der Waals surface area contributed by atoms with Crippen molar-refractivity contribution in [3.05, 3.63) is 107 Å². The van der Waals surface area contributed by atoms with E-state index in [4.69, 9.17) is 10.2 Å². The number of nitriles is 1. The lowest BCUT2D eigenvalue weighted by molar-refractivity contribution is 0.596. The summed E-state index contributed by atoms with van der Waals surface area (Å²) in [7, 11) is -1.58. The third-order valence-corrected chi connectivity index (χ3v) is 7.43. The highest BCUT2D eigenvalue weighted by Gasteiger charge is 2.20. The zero-order chi connectivity index (χ0) is 24.6. The van der Waals surface area contributed by atoms with E-state index in [1.54, 1.807) is 12.1 Å². The molecule has 0 saturated carbocycles. The summed E-state index contributed by atoms with van der Waals surface area (Å²) in [6.45, 7) is 0.233. The van der Waals surface area contributed by atoms with Crippen molar-refractivity contribution in [3.8, 4) is 6.07 Å². The fourth-order valence-corrected chi connectivity index (χ4v) is 5.29. The molecule has 1 aromatic heterocycles. The quantitative estimate of drug-likeness (QED) is 0.336. The molecule has 0 aliphatic rings. The molecular formula is C28H24N4O2S. The van der Waals surface area contributed by atoms with Crippen LogP contribution in [0.4, 0.5) is 5.69 Å². The van der Waals surface area contributed by atoms with Crippen molar-refractivity contribution in [2.24, 2.45) is 7.05 Å². The van der Waals surface area contributed by atoms with Crippen molar-refractivity contribution in [1.82, 2.24) is 9.55 Å². The Labute approximate surface area is 204 Å². The predicted octanol–water partition coefficient (Wildman–Crippen LogP) is 5.16. The van der Waals surface area contributed by atoms with Crippen LogP contribution in [0, 0.1) is 11.3 Å². The first-order valence-corrected chi connectivity index (χ1v) is 13.1. The van der Waals surface area contributed by atoms with Gasteiger partial charge in [0.05, 0.1) is 41.2 Å². The molecule has 0 spiro atoms. The summed E-state index contributed by atoms with van der Waals surface area (Å²) in [6.07, 6.45) is 1.84. The molecule has 0 fully saturated rings. The van der Waals surface area contributed by atoms with E-state index < -0.39 is 10.0 Å². The van der Waals surface area contributed by atoms with Crippen LogP contribution >= 0.6 is 0 Å². The Kier molecular flexibility index (Phi) is 5.75. The minimum atomic E-state index is -3.54. The number of hydrogen-bond acceptors (Lipinski definition) is 4. The number of benzene rings is 4. The van der Waals surface area contributed by atoms with Crippen LogP contribution in [0.15, 0.2) is 84.9 Å². The van der Waals surface area contributed by atoms with Gasteiger partial charge in [0, 0.05) is 13.5 Å². The minimum absolute atomic E-state index is 0.233. The van der Waals surface area contributed by atoms with Gasteiger partial charge in [0.25, 0.3) is 0 Å². The van der Waals surface area contributed by atoms with Crippen LogP contribution in [-0.4, -0.2) is 24.2 Å². The molecule has 5 rings (SSSR count). The second-order valence-corrected chi connectivity index (χ2v) is 10.6. The first kappa shape index (κ1) is 22.6. The fraction of sp³-hybridized carbons (Fsp3) is 0.143. The van der Waals surface area contributed by atoms with Crippen LogP contribution < -0.4 is 4.31 Å². The van der Waals surface area contributed by atoms with E-state index in [2.05, 4.69) is 6.07 Å². The van der Waals surface area contributed by atoms with Gasteiger partial charge in [-0.3, -0.25) is 4.31 Å². The summed E-state index contributed by atoms with van der Waals surface area (Å²) in [5.41, 5.74) is 4.86. The molecular weight excluding hydrogens is 456 g/mol. The van der Waals surface area contributed by atoms with E-state index in [9.17, 15) is 8.42 Å². The lowest BCUT2D eigenvalue weighted by Crippen LogP contribution is -2.29. The fourth-order valence-electron chi connectivity index (χ4n) is 4.42. The molecule has 0 saturated heterocycles. The topological polar surface area (TPSA) is 79.0 Å². The van der Waals surface area contributed by atoms with E-state index in [-0.39, 0.29) is 6.54 Å². The summed E-state index contributed by atoms with van der Waals surface area (Å²) < 4.78 is 29.2. The summed E-state index contributed by atoms with van der Waals surface area (Å²) in [5.74, 6) is 0.863. The molecule has 174 valence electrons. The van der Waals surface area contributed by atoms with E-state index in [1.165, 1.54) is 10.6 Å². The average molecular weight is 481 g/mol. The maximum atomic E-state index is 12.9. The Hall–Kier alpha value is -4.15. The van der Waals surface area contributed by atoms with Crippen molar-refractivity contribution in [2.75, 3.05) is 10.6 Å². The normalized spacial score (nSPS) is 11.6. The Bertz CT molecular complexity index is 1690. The Morgan fingerprint density at radius 3 is 2.46 bits per heavy atom. The number of fused-ring (bicyclic) bond motifs is 2. The molecule has 0 atom stereocenters. The van der Waals surface area contributed by atoms with E-state index >= 15 is 0 Å². The van der Waals surface area contributed by atoms with Crippen molar-refractivity contribution in [3.63, 3.8) is 0 Å². The van der Waals surface area contributed by atoms with Crippen molar-refractivity contribution in [2.45, 2.75) is 13.0 Å². The van der Waals surface area contributed by atoms with Gasteiger partial charge in [0.2, 0.25) is 10.0 Å². The Morgan fingerprint density at radius 2 is 1.71 bits per heavy atom. The van der Waals surface area contributed by atoms with Gasteiger partial charge < -0.3 is 4.57 Å². The lowest BCUT2D eigenvalue weighted by atomic mass is 10.0. The number of rotatable bonds is 6. The van der Waals surface area contributed by atoms with Crippen LogP contribution in [0.1, 0.15) is 22.5 Å². The van der Waals surface area contributed by atoms with Crippen molar-refractivity contribution < 1.29 is 8.42 Å². The molecule has 1 heterocycles. The molecule has 0 amide bonds. The van der Waals surface area contributed by atoms with E-state index in [0.29, 0.717) is 17.7 Å². The van der Waals surface area contributed by atoms with E-state index in [1.807, 2.05) is 84.4 Å². The molecule has 6 nitrogen and oxygen atoms in total. The van der Waals surface area contributed by atoms with Gasteiger partial charge in [-0.05, 0) is 52.2 Å². The number of aromatic nitrogens is 2. The highest BCUT2D eigenvalue weighted by atomic mass is 32.2. The largest absolute Gasteiger partial charge is 0.331 e. The first-order chi connectivity index (χ1) is 16.8. The molecule has 0 bridgehead atoms. The number of anilines is 1. The first-order valence-electron chi connectivity index (χ1n) is 11.2. The zero-order valence-electron chi connectivity index (χ0n) is 19.5. The smallest absolute Gasteiger partial charge is 0.232 e. The maximum absolute atomic E-state index is 12.9. The maximum Gasteiger partial charge on any atom is 0.232 e. The lowest BCUT2D eigenvalue weighted by Gasteiger charge is -2.23. The second-order valence-electron chi connectivity index (χ2n) is 8.65. The van der Waals surface area contributed by atoms with Gasteiger partial charge in [-0.15, -0.1) is 0 Å². The molecule has 7 heteroatoms. The average Bonchev–Trinajstić information content (AvgIpc) is 3.16. The molecule has 5 aromatic rings. The van der Waals surface area contributed by atoms with Crippen LogP contribution in [0.5, 0.6) is 0 Å². The van der Waals surface area contributed by atoms with Crippen LogP contribution in [-0.2, 0) is 30.0 Å². The molecule has 0 aliphatic heterocycles. The number of hydrogen-bond donors (Lipinski definition) is 0. The van der Waals surface area contributed by atoms with Gasteiger partial charge in [0.15, 0.2) is 0 Å². The number of imidazole rings is 1. The molecule has 4 aromatic carbocycles. The molecule has 0 aliphatic carbocycles. The second kappa shape index (κ2) is 8.90. The Morgan fingerprint density at radius 1 is 0.971 bits per heavy atom. The van der Waals surface area contributed by atoms with Crippen LogP contribution in [0.25, 0.3) is 21.8 Å². The third-order valence-electron chi connectivity index (χ3n) is 6.28. The van der Waals surface area contributed by atoms with Gasteiger partial charge in [-0.25, -0.2) is 13.4 Å².